The van der Waals surface area contributed by atoms with Gasteiger partial charge < -0.3 is 0 Å². The first-order valence-electron chi connectivity index (χ1n) is 9.89. The Kier molecular flexibility index (Phi) is 4.41. The maximum atomic E-state index is 4.74. The molecule has 4 heterocycles. The van der Waals surface area contributed by atoms with E-state index in [1.54, 1.807) is 0 Å². The molecular formula is C22H24N6. The van der Waals surface area contributed by atoms with Gasteiger partial charge >= 0.3 is 0 Å². The molecule has 0 aliphatic carbocycles. The van der Waals surface area contributed by atoms with Crippen LogP contribution in [0.2, 0.25) is 0 Å². The average molecular weight is 372 g/mol. The van der Waals surface area contributed by atoms with Gasteiger partial charge in [0.05, 0.1) is 17.9 Å². The van der Waals surface area contributed by atoms with Crippen molar-refractivity contribution >= 4 is 5.65 Å². The number of nitrogens with zero attached hydrogens (tertiary/aromatic N) is 6. The van der Waals surface area contributed by atoms with Gasteiger partial charge in [-0.25, -0.2) is 9.50 Å². The minimum Gasteiger partial charge on any atom is -0.290 e. The van der Waals surface area contributed by atoms with Crippen molar-refractivity contribution in [3.05, 3.63) is 72.4 Å². The van der Waals surface area contributed by atoms with Crippen LogP contribution in [-0.2, 0) is 13.6 Å². The van der Waals surface area contributed by atoms with Crippen molar-refractivity contribution in [3.8, 4) is 11.1 Å². The van der Waals surface area contributed by atoms with Crippen LogP contribution >= 0.6 is 0 Å². The van der Waals surface area contributed by atoms with Gasteiger partial charge in [0.2, 0.25) is 0 Å². The molecule has 0 bridgehead atoms. The van der Waals surface area contributed by atoms with Gasteiger partial charge in [-0.1, -0.05) is 36.8 Å². The third kappa shape index (κ3) is 3.20. The van der Waals surface area contributed by atoms with Crippen LogP contribution in [0.25, 0.3) is 16.8 Å². The average Bonchev–Trinajstić information content (AvgIpc) is 3.35. The van der Waals surface area contributed by atoms with Crippen LogP contribution < -0.4 is 0 Å². The standard InChI is InChI=1S/C22H24N6/c1-26-12-10-20(25-26)21-9-5-6-11-27(21)15-17-13-23-22-19(14-24-28(22)16-17)18-7-3-2-4-8-18/h2-4,7-8,10,12-14,16,21H,5-6,9,11,15H2,1H3. The van der Waals surface area contributed by atoms with Gasteiger partial charge in [-0.2, -0.15) is 10.2 Å². The quantitative estimate of drug-likeness (QED) is 0.546. The highest BCUT2D eigenvalue weighted by atomic mass is 15.3. The maximum absolute atomic E-state index is 4.74. The fourth-order valence-corrected chi connectivity index (χ4v) is 4.18. The second kappa shape index (κ2) is 7.20. The Bertz CT molecular complexity index is 1080. The molecule has 0 radical (unpaired) electrons. The summed E-state index contributed by atoms with van der Waals surface area (Å²) in [4.78, 5) is 7.26. The number of hydrogen-bond acceptors (Lipinski definition) is 4. The molecule has 142 valence electrons. The van der Waals surface area contributed by atoms with E-state index in [1.165, 1.54) is 24.1 Å². The summed E-state index contributed by atoms with van der Waals surface area (Å²) >= 11 is 0. The van der Waals surface area contributed by atoms with Gasteiger partial charge in [0.1, 0.15) is 0 Å². The minimum absolute atomic E-state index is 0.378. The predicted molar refractivity (Wildman–Crippen MR) is 109 cm³/mol. The topological polar surface area (TPSA) is 51.2 Å². The molecule has 3 aromatic heterocycles. The number of aryl methyl sites for hydroxylation is 1. The second-order valence-electron chi connectivity index (χ2n) is 7.55. The first kappa shape index (κ1) is 17.1. The summed E-state index contributed by atoms with van der Waals surface area (Å²) in [7, 11) is 1.98. The van der Waals surface area contributed by atoms with Gasteiger partial charge in [-0.3, -0.25) is 9.58 Å². The first-order valence-corrected chi connectivity index (χ1v) is 9.89. The number of piperidine rings is 1. The van der Waals surface area contributed by atoms with Gasteiger partial charge in [-0.05, 0) is 31.0 Å². The zero-order valence-corrected chi connectivity index (χ0v) is 16.1. The summed E-state index contributed by atoms with van der Waals surface area (Å²) in [5.41, 5.74) is 5.45. The molecule has 5 rings (SSSR count). The van der Waals surface area contributed by atoms with Crippen LogP contribution in [0.15, 0.2) is 61.2 Å². The van der Waals surface area contributed by atoms with E-state index in [-0.39, 0.29) is 0 Å². The summed E-state index contributed by atoms with van der Waals surface area (Å²) in [5.74, 6) is 0. The number of rotatable bonds is 4. The molecule has 1 fully saturated rings. The Balaban J connectivity index is 1.41. The van der Waals surface area contributed by atoms with Crippen LogP contribution in [0.3, 0.4) is 0 Å². The molecule has 1 saturated heterocycles. The van der Waals surface area contributed by atoms with Gasteiger partial charge in [0, 0.05) is 43.3 Å². The predicted octanol–water partition coefficient (Wildman–Crippen LogP) is 3.86. The highest BCUT2D eigenvalue weighted by Crippen LogP contribution is 2.31. The first-order chi connectivity index (χ1) is 13.8. The normalized spacial score (nSPS) is 18.0. The molecule has 6 heteroatoms. The molecule has 0 saturated carbocycles. The van der Waals surface area contributed by atoms with Gasteiger partial charge in [0.25, 0.3) is 0 Å². The van der Waals surface area contributed by atoms with E-state index in [1.807, 2.05) is 53.0 Å². The highest BCUT2D eigenvalue weighted by Gasteiger charge is 2.26. The SMILES string of the molecule is Cn1ccc(C2CCCCN2Cc2cnc3c(-c4ccccc4)cnn3c2)n1. The number of fused-ring (bicyclic) bond motifs is 1. The molecule has 1 aromatic carbocycles. The zero-order chi connectivity index (χ0) is 18.9. The molecule has 0 amide bonds. The van der Waals surface area contributed by atoms with Crippen molar-refractivity contribution in [2.45, 2.75) is 31.8 Å². The molecule has 4 aromatic rings. The monoisotopic (exact) mass is 372 g/mol. The van der Waals surface area contributed by atoms with Crippen LogP contribution in [-0.4, -0.2) is 35.8 Å². The van der Waals surface area contributed by atoms with E-state index in [2.05, 4.69) is 39.5 Å². The summed E-state index contributed by atoms with van der Waals surface area (Å²) in [5, 5.41) is 9.20. The molecular weight excluding hydrogens is 348 g/mol. The van der Waals surface area contributed by atoms with Crippen LogP contribution in [0.5, 0.6) is 0 Å². The molecule has 1 unspecified atom stereocenters. The van der Waals surface area contributed by atoms with E-state index in [0.717, 1.165) is 36.3 Å². The van der Waals surface area contributed by atoms with E-state index < -0.39 is 0 Å². The lowest BCUT2D eigenvalue weighted by atomic mass is 9.99. The van der Waals surface area contributed by atoms with Crippen molar-refractivity contribution in [3.63, 3.8) is 0 Å². The summed E-state index contributed by atoms with van der Waals surface area (Å²) in [6.07, 6.45) is 11.7. The summed E-state index contributed by atoms with van der Waals surface area (Å²) in [6.45, 7) is 1.96. The third-order valence-electron chi connectivity index (χ3n) is 5.57. The largest absolute Gasteiger partial charge is 0.290 e. The lowest BCUT2D eigenvalue weighted by molar-refractivity contribution is 0.136. The lowest BCUT2D eigenvalue weighted by Gasteiger charge is -2.34. The minimum atomic E-state index is 0.378. The fourth-order valence-electron chi connectivity index (χ4n) is 4.18. The van der Waals surface area contributed by atoms with Crippen molar-refractivity contribution < 1.29 is 0 Å². The Morgan fingerprint density at radius 2 is 1.96 bits per heavy atom. The fraction of sp³-hybridized carbons (Fsp3) is 0.318. The maximum Gasteiger partial charge on any atom is 0.162 e. The van der Waals surface area contributed by atoms with Crippen LogP contribution in [0.4, 0.5) is 0 Å². The molecule has 0 spiro atoms. The van der Waals surface area contributed by atoms with Gasteiger partial charge in [0.15, 0.2) is 5.65 Å². The zero-order valence-electron chi connectivity index (χ0n) is 16.1. The summed E-state index contributed by atoms with van der Waals surface area (Å²) < 4.78 is 3.79. The van der Waals surface area contributed by atoms with Crippen molar-refractivity contribution in [2.75, 3.05) is 6.54 Å². The molecule has 28 heavy (non-hydrogen) atoms. The van der Waals surface area contributed by atoms with E-state index in [0.29, 0.717) is 6.04 Å². The summed E-state index contributed by atoms with van der Waals surface area (Å²) in [6, 6.07) is 12.8. The number of aromatic nitrogens is 5. The Labute approximate surface area is 164 Å². The third-order valence-corrected chi connectivity index (χ3v) is 5.57. The van der Waals surface area contributed by atoms with Crippen molar-refractivity contribution in [1.82, 2.24) is 29.3 Å². The smallest absolute Gasteiger partial charge is 0.162 e. The van der Waals surface area contributed by atoms with Crippen molar-refractivity contribution in [1.29, 1.82) is 0 Å². The Morgan fingerprint density at radius 3 is 2.79 bits per heavy atom. The van der Waals surface area contributed by atoms with E-state index in [4.69, 9.17) is 4.98 Å². The number of hydrogen-bond donors (Lipinski definition) is 0. The molecule has 1 aliphatic heterocycles. The molecule has 0 N–H and O–H groups in total. The number of likely N-dealkylation sites (tertiary alicyclic amines) is 1. The second-order valence-corrected chi connectivity index (χ2v) is 7.55. The van der Waals surface area contributed by atoms with E-state index >= 15 is 0 Å². The Hall–Kier alpha value is -2.99. The molecule has 1 aliphatic rings. The van der Waals surface area contributed by atoms with Crippen LogP contribution in [0, 0.1) is 0 Å². The lowest BCUT2D eigenvalue weighted by Crippen LogP contribution is -2.33. The highest BCUT2D eigenvalue weighted by molar-refractivity contribution is 5.76. The molecule has 6 nitrogen and oxygen atoms in total. The van der Waals surface area contributed by atoms with Gasteiger partial charge in [-0.15, -0.1) is 0 Å². The Morgan fingerprint density at radius 1 is 1.07 bits per heavy atom. The molecule has 1 atom stereocenters. The van der Waals surface area contributed by atoms with Crippen molar-refractivity contribution in [2.24, 2.45) is 7.05 Å². The van der Waals surface area contributed by atoms with E-state index in [9.17, 15) is 0 Å². The number of benzene rings is 1. The van der Waals surface area contributed by atoms with Crippen LogP contribution in [0.1, 0.15) is 36.6 Å².